The molecule has 1 aromatic rings. The molecule has 25 heavy (non-hydrogen) atoms. The van der Waals surface area contributed by atoms with Crippen molar-refractivity contribution in [1.82, 2.24) is 20.5 Å². The Morgan fingerprint density at radius 3 is 2.72 bits per heavy atom. The maximum absolute atomic E-state index is 5.81. The molecule has 142 valence electrons. The van der Waals surface area contributed by atoms with E-state index < -0.39 is 0 Å². The summed E-state index contributed by atoms with van der Waals surface area (Å²) in [5, 5.41) is 7.25. The molecule has 0 amide bonds. The van der Waals surface area contributed by atoms with Crippen molar-refractivity contribution >= 4 is 41.5 Å². The first kappa shape index (κ1) is 22.4. The van der Waals surface area contributed by atoms with Gasteiger partial charge in [0.15, 0.2) is 5.96 Å². The van der Waals surface area contributed by atoms with Crippen LogP contribution in [0.3, 0.4) is 0 Å². The third kappa shape index (κ3) is 9.06. The predicted molar refractivity (Wildman–Crippen MR) is 117 cm³/mol. The molecule has 0 spiro atoms. The summed E-state index contributed by atoms with van der Waals surface area (Å²) >= 11 is 5.81. The van der Waals surface area contributed by atoms with E-state index in [1.165, 1.54) is 37.9 Å². The van der Waals surface area contributed by atoms with Crippen LogP contribution >= 0.6 is 35.6 Å². The number of aliphatic imine (C=N–C) groups is 1. The SMILES string of the molecule is CCNC(=NCCC1CCN(C)CC1)NCCc1ccc(Cl)nc1.I. The van der Waals surface area contributed by atoms with Crippen LogP contribution in [0.1, 0.15) is 31.7 Å². The van der Waals surface area contributed by atoms with Crippen LogP contribution in [0, 0.1) is 5.92 Å². The van der Waals surface area contributed by atoms with Gasteiger partial charge in [-0.1, -0.05) is 17.7 Å². The number of hydrogen-bond acceptors (Lipinski definition) is 3. The van der Waals surface area contributed by atoms with Crippen LogP contribution in [0.25, 0.3) is 0 Å². The van der Waals surface area contributed by atoms with Gasteiger partial charge >= 0.3 is 0 Å². The first-order valence-corrected chi connectivity index (χ1v) is 9.36. The third-order valence-corrected chi connectivity index (χ3v) is 4.71. The molecule has 2 N–H and O–H groups in total. The second-order valence-corrected chi connectivity index (χ2v) is 6.85. The number of guanidine groups is 1. The summed E-state index contributed by atoms with van der Waals surface area (Å²) in [6, 6.07) is 3.85. The number of rotatable bonds is 7. The average molecular weight is 480 g/mol. The van der Waals surface area contributed by atoms with Gasteiger partial charge in [-0.15, -0.1) is 24.0 Å². The molecule has 0 aromatic carbocycles. The fraction of sp³-hybridized carbons (Fsp3) is 0.667. The molecule has 0 atom stereocenters. The molecule has 1 aliphatic heterocycles. The number of hydrogen-bond donors (Lipinski definition) is 2. The van der Waals surface area contributed by atoms with Crippen molar-refractivity contribution in [3.63, 3.8) is 0 Å². The number of piperidine rings is 1. The Hall–Kier alpha value is -0.600. The summed E-state index contributed by atoms with van der Waals surface area (Å²) in [6.45, 7) is 7.15. The fourth-order valence-corrected chi connectivity index (χ4v) is 3.04. The Morgan fingerprint density at radius 2 is 2.08 bits per heavy atom. The summed E-state index contributed by atoms with van der Waals surface area (Å²) in [4.78, 5) is 11.2. The highest BCUT2D eigenvalue weighted by atomic mass is 127. The first-order valence-electron chi connectivity index (χ1n) is 8.98. The minimum Gasteiger partial charge on any atom is -0.357 e. The molecule has 2 heterocycles. The van der Waals surface area contributed by atoms with Crippen LogP contribution in [0.4, 0.5) is 0 Å². The smallest absolute Gasteiger partial charge is 0.191 e. The van der Waals surface area contributed by atoms with Crippen LogP contribution in [0.5, 0.6) is 0 Å². The normalized spacial score (nSPS) is 16.4. The molecule has 1 aliphatic rings. The minimum atomic E-state index is 0. The van der Waals surface area contributed by atoms with E-state index in [4.69, 9.17) is 16.6 Å². The molecular formula is C18H31ClIN5. The van der Waals surface area contributed by atoms with Gasteiger partial charge in [-0.3, -0.25) is 4.99 Å². The second kappa shape index (κ2) is 12.7. The largest absolute Gasteiger partial charge is 0.357 e. The van der Waals surface area contributed by atoms with Gasteiger partial charge in [0.1, 0.15) is 5.15 Å². The van der Waals surface area contributed by atoms with Gasteiger partial charge in [0.05, 0.1) is 0 Å². The van der Waals surface area contributed by atoms with Gasteiger partial charge in [0.25, 0.3) is 0 Å². The summed E-state index contributed by atoms with van der Waals surface area (Å²) < 4.78 is 0. The maximum Gasteiger partial charge on any atom is 0.191 e. The van der Waals surface area contributed by atoms with Gasteiger partial charge < -0.3 is 15.5 Å². The van der Waals surface area contributed by atoms with Crippen molar-refractivity contribution in [2.24, 2.45) is 10.9 Å². The van der Waals surface area contributed by atoms with Gasteiger partial charge in [-0.2, -0.15) is 0 Å². The van der Waals surface area contributed by atoms with Crippen LogP contribution in [0.2, 0.25) is 5.15 Å². The van der Waals surface area contributed by atoms with Crippen LogP contribution in [-0.4, -0.2) is 55.6 Å². The Kier molecular flexibility index (Phi) is 11.4. The number of aromatic nitrogens is 1. The molecular weight excluding hydrogens is 449 g/mol. The fourth-order valence-electron chi connectivity index (χ4n) is 2.93. The molecule has 7 heteroatoms. The van der Waals surface area contributed by atoms with Crippen LogP contribution < -0.4 is 10.6 Å². The second-order valence-electron chi connectivity index (χ2n) is 6.46. The van der Waals surface area contributed by atoms with Crippen molar-refractivity contribution in [3.8, 4) is 0 Å². The van der Waals surface area contributed by atoms with Crippen molar-refractivity contribution < 1.29 is 0 Å². The standard InChI is InChI=1S/C18H30ClN5.HI/c1-3-20-18(21-10-6-15-8-12-24(2)13-9-15)22-11-7-16-4-5-17(19)23-14-16;/h4-5,14-15H,3,6-13H2,1-2H3,(H2,20,21,22);1H. The van der Waals surface area contributed by atoms with E-state index in [1.54, 1.807) is 0 Å². The Bertz CT molecular complexity index is 501. The van der Waals surface area contributed by atoms with Crippen LogP contribution in [-0.2, 0) is 6.42 Å². The van der Waals surface area contributed by atoms with Gasteiger partial charge in [0, 0.05) is 25.8 Å². The quantitative estimate of drug-likeness (QED) is 0.273. The zero-order valence-electron chi connectivity index (χ0n) is 15.3. The molecule has 1 aromatic heterocycles. The Balaban J connectivity index is 0.00000312. The minimum absolute atomic E-state index is 0. The highest BCUT2D eigenvalue weighted by Crippen LogP contribution is 2.19. The van der Waals surface area contributed by atoms with E-state index in [-0.39, 0.29) is 24.0 Å². The lowest BCUT2D eigenvalue weighted by Crippen LogP contribution is -2.38. The van der Waals surface area contributed by atoms with E-state index >= 15 is 0 Å². The molecule has 0 radical (unpaired) electrons. The molecule has 2 rings (SSSR count). The highest BCUT2D eigenvalue weighted by molar-refractivity contribution is 14.0. The van der Waals surface area contributed by atoms with Crippen molar-refractivity contribution in [3.05, 3.63) is 29.0 Å². The molecule has 1 fully saturated rings. The van der Waals surface area contributed by atoms with Crippen molar-refractivity contribution in [1.29, 1.82) is 0 Å². The molecule has 0 unspecified atom stereocenters. The summed E-state index contributed by atoms with van der Waals surface area (Å²) in [7, 11) is 2.21. The number of likely N-dealkylation sites (tertiary alicyclic amines) is 1. The maximum atomic E-state index is 5.81. The van der Waals surface area contributed by atoms with Crippen molar-refractivity contribution in [2.45, 2.75) is 32.6 Å². The monoisotopic (exact) mass is 479 g/mol. The summed E-state index contributed by atoms with van der Waals surface area (Å²) in [5.41, 5.74) is 1.18. The number of halogens is 2. The molecule has 0 saturated carbocycles. The Morgan fingerprint density at radius 1 is 1.32 bits per heavy atom. The number of nitrogens with zero attached hydrogens (tertiary/aromatic N) is 3. The topological polar surface area (TPSA) is 52.6 Å². The number of pyridine rings is 1. The van der Waals surface area contributed by atoms with E-state index in [2.05, 4.69) is 34.5 Å². The van der Waals surface area contributed by atoms with Gasteiger partial charge in [-0.25, -0.2) is 4.98 Å². The van der Waals surface area contributed by atoms with Crippen LogP contribution in [0.15, 0.2) is 23.3 Å². The zero-order valence-corrected chi connectivity index (χ0v) is 18.4. The number of nitrogens with one attached hydrogen (secondary N) is 2. The van der Waals surface area contributed by atoms with Gasteiger partial charge in [-0.05, 0) is 70.3 Å². The average Bonchev–Trinajstić information content (AvgIpc) is 2.58. The van der Waals surface area contributed by atoms with Gasteiger partial charge in [0.2, 0.25) is 0 Å². The van der Waals surface area contributed by atoms with Crippen molar-refractivity contribution in [2.75, 3.05) is 39.8 Å². The zero-order chi connectivity index (χ0) is 17.2. The lowest BCUT2D eigenvalue weighted by atomic mass is 9.94. The van der Waals surface area contributed by atoms with E-state index in [9.17, 15) is 0 Å². The van der Waals surface area contributed by atoms with E-state index in [0.29, 0.717) is 5.15 Å². The summed E-state index contributed by atoms with van der Waals surface area (Å²) in [6.07, 6.45) is 6.53. The third-order valence-electron chi connectivity index (χ3n) is 4.48. The molecule has 0 aliphatic carbocycles. The molecule has 0 bridgehead atoms. The first-order chi connectivity index (χ1) is 11.7. The lowest BCUT2D eigenvalue weighted by molar-refractivity contribution is 0.214. The Labute approximate surface area is 174 Å². The summed E-state index contributed by atoms with van der Waals surface area (Å²) in [5.74, 6) is 1.74. The predicted octanol–water partition coefficient (Wildman–Crippen LogP) is 3.18. The molecule has 5 nitrogen and oxygen atoms in total. The lowest BCUT2D eigenvalue weighted by Gasteiger charge is -2.28. The molecule has 1 saturated heterocycles. The highest BCUT2D eigenvalue weighted by Gasteiger charge is 2.15. The van der Waals surface area contributed by atoms with E-state index in [1.807, 2.05) is 18.3 Å². The van der Waals surface area contributed by atoms with E-state index in [0.717, 1.165) is 37.9 Å².